The largest absolute Gasteiger partial charge is 0.480 e. The molecule has 0 saturated carbocycles. The van der Waals surface area contributed by atoms with Crippen molar-refractivity contribution < 1.29 is 48.9 Å². The predicted molar refractivity (Wildman–Crippen MR) is 163 cm³/mol. The molecular formula is C28H48N8O10. The monoisotopic (exact) mass is 656 g/mol. The standard InChI is InChI=1S/C28H48N8O10/c1-2-4-29-22(37)3-5-30-23(38)16-36(21-28(45)46)25(40)18-32-12-14-35(15-13-32)24(39)17-31-6-8-33(19-26(41)42)10-11-34(9-7-31)20-27(43)44/h2-21H2,1H3,(H,29,37)(H,30,38)(H,41,42)(H,43,44)(H,45,46). The van der Waals surface area contributed by atoms with Crippen molar-refractivity contribution in [3.63, 3.8) is 0 Å². The van der Waals surface area contributed by atoms with Crippen LogP contribution < -0.4 is 10.6 Å². The van der Waals surface area contributed by atoms with Crippen LogP contribution in [0.25, 0.3) is 0 Å². The first kappa shape index (κ1) is 38.3. The normalized spacial score (nSPS) is 17.3. The number of piperazine rings is 1. The van der Waals surface area contributed by atoms with E-state index in [1.165, 1.54) is 0 Å². The van der Waals surface area contributed by atoms with E-state index in [9.17, 15) is 48.9 Å². The Balaban J connectivity index is 1.85. The average molecular weight is 657 g/mol. The Labute approximate surface area is 268 Å². The second kappa shape index (κ2) is 20.3. The van der Waals surface area contributed by atoms with Crippen molar-refractivity contribution in [3.8, 4) is 0 Å². The number of carboxylic acids is 3. The number of hydrogen-bond acceptors (Lipinski definition) is 11. The van der Waals surface area contributed by atoms with Gasteiger partial charge in [-0.3, -0.25) is 53.2 Å². The van der Waals surface area contributed by atoms with Crippen molar-refractivity contribution in [1.82, 2.24) is 40.0 Å². The molecule has 0 unspecified atom stereocenters. The highest BCUT2D eigenvalue weighted by molar-refractivity contribution is 5.88. The van der Waals surface area contributed by atoms with Gasteiger partial charge in [0.2, 0.25) is 23.6 Å². The van der Waals surface area contributed by atoms with Gasteiger partial charge in [0, 0.05) is 85.0 Å². The van der Waals surface area contributed by atoms with Gasteiger partial charge in [0.15, 0.2) is 0 Å². The summed E-state index contributed by atoms with van der Waals surface area (Å²) in [6, 6.07) is 0. The second-order valence-corrected chi connectivity index (χ2v) is 11.4. The number of aliphatic carboxylic acids is 3. The van der Waals surface area contributed by atoms with Gasteiger partial charge in [-0.05, 0) is 6.42 Å². The third-order valence-electron chi connectivity index (χ3n) is 7.62. The summed E-state index contributed by atoms with van der Waals surface area (Å²) in [7, 11) is 0. The molecule has 46 heavy (non-hydrogen) atoms. The fourth-order valence-electron chi connectivity index (χ4n) is 5.07. The molecule has 2 saturated heterocycles. The molecule has 5 N–H and O–H groups in total. The highest BCUT2D eigenvalue weighted by atomic mass is 16.4. The fourth-order valence-corrected chi connectivity index (χ4v) is 5.07. The highest BCUT2D eigenvalue weighted by Crippen LogP contribution is 2.07. The van der Waals surface area contributed by atoms with E-state index >= 15 is 0 Å². The van der Waals surface area contributed by atoms with Crippen molar-refractivity contribution in [2.75, 3.05) is 118 Å². The van der Waals surface area contributed by atoms with Crippen LogP contribution in [0, 0.1) is 0 Å². The smallest absolute Gasteiger partial charge is 0.323 e. The Morgan fingerprint density at radius 2 is 1.02 bits per heavy atom. The molecule has 260 valence electrons. The maximum atomic E-state index is 13.2. The van der Waals surface area contributed by atoms with Crippen molar-refractivity contribution in [2.24, 2.45) is 0 Å². The SMILES string of the molecule is CCCNC(=O)CCNC(=O)CN(CC(=O)O)C(=O)CN1CCN(C(=O)CN2CCN(CC(=O)O)CCN(CC(=O)O)CC2)CC1. The third-order valence-corrected chi connectivity index (χ3v) is 7.62. The van der Waals surface area contributed by atoms with E-state index in [0.717, 1.165) is 11.3 Å². The molecule has 2 aliphatic rings. The summed E-state index contributed by atoms with van der Waals surface area (Å²) in [6.07, 6.45) is 0.840. The number of nitrogens with one attached hydrogen (secondary N) is 2. The van der Waals surface area contributed by atoms with Gasteiger partial charge in [-0.2, -0.15) is 0 Å². The predicted octanol–water partition coefficient (Wildman–Crippen LogP) is -3.83. The van der Waals surface area contributed by atoms with Gasteiger partial charge in [0.1, 0.15) is 13.1 Å². The quantitative estimate of drug-likeness (QED) is 0.101. The number of carbonyl (C=O) groups is 7. The molecular weight excluding hydrogens is 608 g/mol. The molecule has 0 spiro atoms. The number of hydrogen-bond donors (Lipinski definition) is 5. The molecule has 18 heteroatoms. The zero-order chi connectivity index (χ0) is 34.1. The van der Waals surface area contributed by atoms with Crippen LogP contribution in [-0.4, -0.2) is 204 Å². The molecule has 2 rings (SSSR count). The molecule has 0 atom stereocenters. The van der Waals surface area contributed by atoms with Crippen LogP contribution in [0.1, 0.15) is 19.8 Å². The van der Waals surface area contributed by atoms with E-state index < -0.39 is 42.8 Å². The zero-order valence-electron chi connectivity index (χ0n) is 26.5. The van der Waals surface area contributed by atoms with Gasteiger partial charge < -0.3 is 35.8 Å². The maximum Gasteiger partial charge on any atom is 0.323 e. The van der Waals surface area contributed by atoms with Crippen LogP contribution in [0.2, 0.25) is 0 Å². The Morgan fingerprint density at radius 3 is 1.50 bits per heavy atom. The fraction of sp³-hybridized carbons (Fsp3) is 0.750. The van der Waals surface area contributed by atoms with Crippen LogP contribution in [0.15, 0.2) is 0 Å². The van der Waals surface area contributed by atoms with Gasteiger partial charge in [0.05, 0.1) is 26.2 Å². The van der Waals surface area contributed by atoms with E-state index in [1.54, 1.807) is 19.6 Å². The van der Waals surface area contributed by atoms with Crippen LogP contribution in [-0.2, 0) is 33.6 Å². The van der Waals surface area contributed by atoms with Crippen molar-refractivity contribution >= 4 is 41.5 Å². The Hall–Kier alpha value is -3.87. The third kappa shape index (κ3) is 15.4. The Bertz CT molecular complexity index is 1040. The minimum atomic E-state index is -1.27. The lowest BCUT2D eigenvalue weighted by Gasteiger charge is -2.36. The van der Waals surface area contributed by atoms with E-state index in [0.29, 0.717) is 72.0 Å². The van der Waals surface area contributed by atoms with Crippen molar-refractivity contribution in [2.45, 2.75) is 19.8 Å². The van der Waals surface area contributed by atoms with E-state index in [4.69, 9.17) is 0 Å². The lowest BCUT2D eigenvalue weighted by molar-refractivity contribution is -0.147. The van der Waals surface area contributed by atoms with Gasteiger partial charge in [-0.15, -0.1) is 0 Å². The minimum Gasteiger partial charge on any atom is -0.480 e. The first-order valence-corrected chi connectivity index (χ1v) is 15.5. The lowest BCUT2D eigenvalue weighted by Crippen LogP contribution is -2.54. The average Bonchev–Trinajstić information content (AvgIpc) is 3.06. The zero-order valence-corrected chi connectivity index (χ0v) is 26.5. The van der Waals surface area contributed by atoms with Crippen LogP contribution >= 0.6 is 0 Å². The van der Waals surface area contributed by atoms with Gasteiger partial charge in [-0.1, -0.05) is 6.92 Å². The minimum absolute atomic E-state index is 0.0537. The number of carboxylic acid groups (broad SMARTS) is 3. The van der Waals surface area contributed by atoms with Crippen LogP contribution in [0.4, 0.5) is 0 Å². The second-order valence-electron chi connectivity index (χ2n) is 11.4. The Morgan fingerprint density at radius 1 is 0.565 bits per heavy atom. The van der Waals surface area contributed by atoms with E-state index in [2.05, 4.69) is 10.6 Å². The number of carbonyl (C=O) groups excluding carboxylic acids is 4. The molecule has 0 radical (unpaired) electrons. The van der Waals surface area contributed by atoms with Gasteiger partial charge >= 0.3 is 17.9 Å². The molecule has 2 aliphatic heterocycles. The van der Waals surface area contributed by atoms with Crippen molar-refractivity contribution in [3.05, 3.63) is 0 Å². The molecule has 2 fully saturated rings. The molecule has 0 bridgehead atoms. The summed E-state index contributed by atoms with van der Waals surface area (Å²) < 4.78 is 0. The molecule has 2 heterocycles. The molecule has 4 amide bonds. The van der Waals surface area contributed by atoms with Gasteiger partial charge in [0.25, 0.3) is 0 Å². The summed E-state index contributed by atoms with van der Waals surface area (Å²) >= 11 is 0. The molecule has 0 aromatic carbocycles. The lowest BCUT2D eigenvalue weighted by atomic mass is 10.2. The Kier molecular flexibility index (Phi) is 16.9. The summed E-state index contributed by atoms with van der Waals surface area (Å²) in [6.45, 7) is 4.80. The van der Waals surface area contributed by atoms with Crippen molar-refractivity contribution in [1.29, 1.82) is 0 Å². The summed E-state index contributed by atoms with van der Waals surface area (Å²) in [5.74, 6) is -4.74. The maximum absolute atomic E-state index is 13.2. The molecule has 18 nitrogen and oxygen atoms in total. The topological polar surface area (TPSA) is 224 Å². The summed E-state index contributed by atoms with van der Waals surface area (Å²) in [4.78, 5) is 93.8. The number of rotatable bonds is 17. The van der Waals surface area contributed by atoms with Crippen LogP contribution in [0.5, 0.6) is 0 Å². The first-order chi connectivity index (χ1) is 21.9. The molecule has 0 aromatic rings. The van der Waals surface area contributed by atoms with E-state index in [-0.39, 0.29) is 51.0 Å². The number of nitrogens with zero attached hydrogens (tertiary/aromatic N) is 6. The van der Waals surface area contributed by atoms with Gasteiger partial charge in [-0.25, -0.2) is 0 Å². The summed E-state index contributed by atoms with van der Waals surface area (Å²) in [5, 5.41) is 33.0. The molecule has 0 aliphatic carbocycles. The first-order valence-electron chi connectivity index (χ1n) is 15.5. The number of amides is 4. The van der Waals surface area contributed by atoms with E-state index in [1.807, 2.05) is 11.8 Å². The summed E-state index contributed by atoms with van der Waals surface area (Å²) in [5.41, 5.74) is 0. The molecule has 0 aromatic heterocycles. The van der Waals surface area contributed by atoms with Crippen LogP contribution in [0.3, 0.4) is 0 Å². The highest BCUT2D eigenvalue weighted by Gasteiger charge is 2.28.